The predicted octanol–water partition coefficient (Wildman–Crippen LogP) is 5.67. The van der Waals surface area contributed by atoms with E-state index >= 15 is 0 Å². The van der Waals surface area contributed by atoms with Crippen molar-refractivity contribution in [1.82, 2.24) is 14.7 Å². The molecule has 180 valence electrons. The summed E-state index contributed by atoms with van der Waals surface area (Å²) in [5.74, 6) is 0.218. The molecule has 0 fully saturated rings. The number of rotatable bonds is 8. The van der Waals surface area contributed by atoms with Crippen LogP contribution in [0.3, 0.4) is 0 Å². The van der Waals surface area contributed by atoms with Gasteiger partial charge in [-0.2, -0.15) is 5.10 Å². The molecule has 0 bridgehead atoms. The van der Waals surface area contributed by atoms with E-state index in [9.17, 15) is 9.59 Å². The largest absolute Gasteiger partial charge is 0.329 e. The van der Waals surface area contributed by atoms with Crippen LogP contribution in [0.5, 0.6) is 0 Å². The highest BCUT2D eigenvalue weighted by molar-refractivity contribution is 5.99. The van der Waals surface area contributed by atoms with Crippen LogP contribution in [0.4, 0.5) is 5.82 Å². The van der Waals surface area contributed by atoms with Crippen molar-refractivity contribution in [1.29, 1.82) is 0 Å². The smallest absolute Gasteiger partial charge is 0.254 e. The van der Waals surface area contributed by atoms with Gasteiger partial charge in [-0.1, -0.05) is 63.9 Å². The van der Waals surface area contributed by atoms with Crippen molar-refractivity contribution in [2.24, 2.45) is 0 Å². The van der Waals surface area contributed by atoms with Gasteiger partial charge in [-0.25, -0.2) is 4.68 Å². The first-order valence-corrected chi connectivity index (χ1v) is 11.9. The van der Waals surface area contributed by atoms with E-state index in [2.05, 4.69) is 33.0 Å². The number of hydrogen-bond acceptors (Lipinski definition) is 3. The SMILES string of the molecule is CCCCN(CC(=O)Nc1cc(C(C)(C)C)nn1-c1cccc(C)c1)C(=O)c1ccc(C)cc1. The molecule has 1 heterocycles. The minimum Gasteiger partial charge on any atom is -0.329 e. The zero-order valence-electron chi connectivity index (χ0n) is 21.2. The lowest BCUT2D eigenvalue weighted by Gasteiger charge is -2.22. The lowest BCUT2D eigenvalue weighted by Crippen LogP contribution is -2.39. The standard InChI is InChI=1S/C28H36N4O2/c1-7-8-16-31(27(34)22-14-12-20(2)13-15-22)19-26(33)29-25-18-24(28(4,5)6)30-32(25)23-11-9-10-21(3)17-23/h9-15,17-18H,7-8,16,19H2,1-6H3,(H,29,33). The highest BCUT2D eigenvalue weighted by Gasteiger charge is 2.23. The Bertz CT molecular complexity index is 1140. The Labute approximate surface area is 203 Å². The van der Waals surface area contributed by atoms with Crippen LogP contribution in [0.25, 0.3) is 5.69 Å². The summed E-state index contributed by atoms with van der Waals surface area (Å²) >= 11 is 0. The Balaban J connectivity index is 1.85. The van der Waals surface area contributed by atoms with Crippen LogP contribution in [0.2, 0.25) is 0 Å². The van der Waals surface area contributed by atoms with Gasteiger partial charge in [-0.3, -0.25) is 9.59 Å². The van der Waals surface area contributed by atoms with Gasteiger partial charge in [0.25, 0.3) is 5.91 Å². The molecule has 0 atom stereocenters. The van der Waals surface area contributed by atoms with E-state index in [1.807, 2.05) is 68.4 Å². The molecule has 0 saturated carbocycles. The molecular weight excluding hydrogens is 424 g/mol. The Kier molecular flexibility index (Phi) is 7.92. The summed E-state index contributed by atoms with van der Waals surface area (Å²) in [6.07, 6.45) is 1.77. The fourth-order valence-electron chi connectivity index (χ4n) is 3.63. The average Bonchev–Trinajstić information content (AvgIpc) is 3.21. The normalized spacial score (nSPS) is 11.4. The maximum atomic E-state index is 13.1. The fraction of sp³-hybridized carbons (Fsp3) is 0.393. The number of nitrogens with one attached hydrogen (secondary N) is 1. The number of benzene rings is 2. The molecule has 1 N–H and O–H groups in total. The molecule has 0 aliphatic carbocycles. The van der Waals surface area contributed by atoms with Gasteiger partial charge >= 0.3 is 0 Å². The van der Waals surface area contributed by atoms with Crippen LogP contribution in [0, 0.1) is 13.8 Å². The summed E-state index contributed by atoms with van der Waals surface area (Å²) < 4.78 is 1.77. The third kappa shape index (κ3) is 6.34. The van der Waals surface area contributed by atoms with Gasteiger partial charge in [0.2, 0.25) is 5.91 Å². The number of carbonyl (C=O) groups excluding carboxylic acids is 2. The number of carbonyl (C=O) groups is 2. The average molecular weight is 461 g/mol. The summed E-state index contributed by atoms with van der Waals surface area (Å²) in [7, 11) is 0. The van der Waals surface area contributed by atoms with E-state index < -0.39 is 0 Å². The third-order valence-corrected chi connectivity index (χ3v) is 5.69. The second-order valence-corrected chi connectivity index (χ2v) is 9.91. The maximum absolute atomic E-state index is 13.1. The summed E-state index contributed by atoms with van der Waals surface area (Å²) in [4.78, 5) is 27.9. The molecule has 0 spiro atoms. The van der Waals surface area contributed by atoms with Gasteiger partial charge < -0.3 is 10.2 Å². The molecule has 34 heavy (non-hydrogen) atoms. The van der Waals surface area contributed by atoms with Crippen molar-refractivity contribution in [3.63, 3.8) is 0 Å². The molecule has 0 radical (unpaired) electrons. The molecule has 0 saturated heterocycles. The Morgan fingerprint density at radius 3 is 2.32 bits per heavy atom. The Morgan fingerprint density at radius 2 is 1.71 bits per heavy atom. The summed E-state index contributed by atoms with van der Waals surface area (Å²) in [5, 5.41) is 7.80. The van der Waals surface area contributed by atoms with Crippen molar-refractivity contribution in [2.45, 2.75) is 59.8 Å². The highest BCUT2D eigenvalue weighted by Crippen LogP contribution is 2.26. The molecule has 6 nitrogen and oxygen atoms in total. The number of nitrogens with zero attached hydrogens (tertiary/aromatic N) is 3. The third-order valence-electron chi connectivity index (χ3n) is 5.69. The maximum Gasteiger partial charge on any atom is 0.254 e. The zero-order chi connectivity index (χ0) is 24.9. The van der Waals surface area contributed by atoms with E-state index in [0.717, 1.165) is 35.3 Å². The van der Waals surface area contributed by atoms with Crippen LogP contribution in [0.1, 0.15) is 67.7 Å². The molecule has 6 heteroatoms. The summed E-state index contributed by atoms with van der Waals surface area (Å²) in [6.45, 7) is 12.9. The van der Waals surface area contributed by atoms with Gasteiger partial charge in [-0.05, 0) is 50.1 Å². The van der Waals surface area contributed by atoms with Crippen molar-refractivity contribution < 1.29 is 9.59 Å². The van der Waals surface area contributed by atoms with E-state index in [4.69, 9.17) is 5.10 Å². The monoisotopic (exact) mass is 460 g/mol. The van der Waals surface area contributed by atoms with Crippen LogP contribution >= 0.6 is 0 Å². The van der Waals surface area contributed by atoms with E-state index in [1.54, 1.807) is 9.58 Å². The number of aryl methyl sites for hydroxylation is 2. The molecule has 3 rings (SSSR count). The van der Waals surface area contributed by atoms with Crippen molar-refractivity contribution in [3.05, 3.63) is 77.0 Å². The first-order valence-electron chi connectivity index (χ1n) is 11.9. The van der Waals surface area contributed by atoms with Crippen molar-refractivity contribution in [2.75, 3.05) is 18.4 Å². The van der Waals surface area contributed by atoms with Crippen molar-refractivity contribution >= 4 is 17.6 Å². The molecule has 0 aliphatic rings. The first-order chi connectivity index (χ1) is 16.1. The minimum atomic E-state index is -0.245. The lowest BCUT2D eigenvalue weighted by atomic mass is 9.92. The first kappa shape index (κ1) is 25.2. The summed E-state index contributed by atoms with van der Waals surface area (Å²) in [5.41, 5.74) is 4.37. The van der Waals surface area contributed by atoms with E-state index in [1.165, 1.54) is 0 Å². The Morgan fingerprint density at radius 1 is 1.00 bits per heavy atom. The number of amides is 2. The highest BCUT2D eigenvalue weighted by atomic mass is 16.2. The number of anilines is 1. The predicted molar refractivity (Wildman–Crippen MR) is 138 cm³/mol. The molecule has 2 amide bonds. The molecule has 2 aromatic carbocycles. The summed E-state index contributed by atoms with van der Waals surface area (Å²) in [6, 6.07) is 17.4. The van der Waals surface area contributed by atoms with Gasteiger partial charge in [-0.15, -0.1) is 0 Å². The Hall–Kier alpha value is -3.41. The second-order valence-electron chi connectivity index (χ2n) is 9.91. The molecule has 0 aliphatic heterocycles. The van der Waals surface area contributed by atoms with E-state index in [0.29, 0.717) is 17.9 Å². The second kappa shape index (κ2) is 10.7. The van der Waals surface area contributed by atoms with E-state index in [-0.39, 0.29) is 23.8 Å². The van der Waals surface area contributed by atoms with Crippen LogP contribution in [-0.2, 0) is 10.2 Å². The minimum absolute atomic E-state index is 0.0173. The van der Waals surface area contributed by atoms with Gasteiger partial charge in [0.1, 0.15) is 12.4 Å². The molecule has 0 unspecified atom stereocenters. The lowest BCUT2D eigenvalue weighted by molar-refractivity contribution is -0.117. The van der Waals surface area contributed by atoms with Crippen LogP contribution < -0.4 is 5.32 Å². The molecular formula is C28H36N4O2. The number of hydrogen-bond donors (Lipinski definition) is 1. The number of aromatic nitrogens is 2. The van der Waals surface area contributed by atoms with Gasteiger partial charge in [0.05, 0.1) is 11.4 Å². The fourth-order valence-corrected chi connectivity index (χ4v) is 3.63. The van der Waals surface area contributed by atoms with Crippen LogP contribution in [0.15, 0.2) is 54.6 Å². The molecule has 3 aromatic rings. The quantitative estimate of drug-likeness (QED) is 0.471. The topological polar surface area (TPSA) is 67.2 Å². The number of unbranched alkanes of at least 4 members (excludes halogenated alkanes) is 1. The van der Waals surface area contributed by atoms with Gasteiger partial charge in [0, 0.05) is 23.6 Å². The van der Waals surface area contributed by atoms with Crippen LogP contribution in [-0.4, -0.2) is 39.6 Å². The molecule has 1 aromatic heterocycles. The van der Waals surface area contributed by atoms with Gasteiger partial charge in [0.15, 0.2) is 0 Å². The van der Waals surface area contributed by atoms with Crippen molar-refractivity contribution in [3.8, 4) is 5.69 Å². The zero-order valence-corrected chi connectivity index (χ0v) is 21.2.